The average molecular weight is 280 g/mol. The van der Waals surface area contributed by atoms with Gasteiger partial charge in [0.1, 0.15) is 0 Å². The van der Waals surface area contributed by atoms with E-state index in [2.05, 4.69) is 46.5 Å². The maximum absolute atomic E-state index is 2.36. The van der Waals surface area contributed by atoms with Crippen molar-refractivity contribution in [2.75, 3.05) is 0 Å². The zero-order valence-electron chi connectivity index (χ0n) is 7.03. The average Bonchev–Trinajstić information content (AvgIpc) is 2.65. The van der Waals surface area contributed by atoms with Gasteiger partial charge in [-0.3, -0.25) is 0 Å². The Hall–Kier alpha value is -0.770. The Morgan fingerprint density at radius 1 is 0.769 bits per heavy atom. The normalized spacial score (nSPS) is 11.1. The Morgan fingerprint density at radius 2 is 1.62 bits per heavy atom. The molecule has 0 aliphatic rings. The molecule has 0 fully saturated rings. The standard InChI is InChI=1S/C12H8Te/c1-2-4-11-9(3-1)5-6-10-7-8-13-12(10)11/h1-8H. The van der Waals surface area contributed by atoms with Gasteiger partial charge in [0.25, 0.3) is 0 Å². The molecule has 0 aliphatic carbocycles. The first-order valence-corrected chi connectivity index (χ1v) is 6.81. The summed E-state index contributed by atoms with van der Waals surface area (Å²) in [6.45, 7) is 0. The molecule has 3 aromatic rings. The molecular formula is C12H8Te. The van der Waals surface area contributed by atoms with Gasteiger partial charge in [-0.2, -0.15) is 0 Å². The first kappa shape index (κ1) is 7.62. The second kappa shape index (κ2) is 2.87. The third kappa shape index (κ3) is 1.12. The van der Waals surface area contributed by atoms with E-state index in [0.717, 1.165) is 0 Å². The van der Waals surface area contributed by atoms with Crippen molar-refractivity contribution in [1.82, 2.24) is 0 Å². The summed E-state index contributed by atoms with van der Waals surface area (Å²) in [6, 6.07) is 15.4. The van der Waals surface area contributed by atoms with Gasteiger partial charge in [0, 0.05) is 0 Å². The Kier molecular flexibility index (Phi) is 1.68. The molecule has 0 N–H and O–H groups in total. The van der Waals surface area contributed by atoms with Crippen LogP contribution in [0.1, 0.15) is 0 Å². The predicted molar refractivity (Wildman–Crippen MR) is 58.4 cm³/mol. The summed E-state index contributed by atoms with van der Waals surface area (Å²) >= 11 is -0.0337. The third-order valence-corrected chi connectivity index (χ3v) is 5.09. The van der Waals surface area contributed by atoms with Crippen molar-refractivity contribution in [3.05, 3.63) is 46.5 Å². The molecule has 0 saturated heterocycles. The second-order valence-electron chi connectivity index (χ2n) is 3.13. The van der Waals surface area contributed by atoms with Crippen LogP contribution in [0.4, 0.5) is 0 Å². The number of hydrogen-bond acceptors (Lipinski definition) is 0. The van der Waals surface area contributed by atoms with Crippen LogP contribution in [0.5, 0.6) is 0 Å². The molecule has 0 amide bonds. The molecule has 0 spiro atoms. The summed E-state index contributed by atoms with van der Waals surface area (Å²) in [5.41, 5.74) is 0. The molecule has 1 heteroatoms. The van der Waals surface area contributed by atoms with Crippen LogP contribution in [0, 0.1) is 0 Å². The summed E-state index contributed by atoms with van der Waals surface area (Å²) in [6.07, 6.45) is 0. The van der Waals surface area contributed by atoms with E-state index in [1.54, 1.807) is 3.40 Å². The van der Waals surface area contributed by atoms with E-state index in [-0.39, 0.29) is 20.4 Å². The molecule has 13 heavy (non-hydrogen) atoms. The SMILES string of the molecule is c1ccc2c(c1)ccc1cc[te]c12. The van der Waals surface area contributed by atoms with E-state index in [1.165, 1.54) is 16.2 Å². The molecule has 1 heterocycles. The van der Waals surface area contributed by atoms with Gasteiger partial charge < -0.3 is 0 Å². The molecule has 0 aliphatic heterocycles. The molecule has 0 unspecified atom stereocenters. The van der Waals surface area contributed by atoms with Crippen LogP contribution in [0.15, 0.2) is 46.5 Å². The number of fused-ring (bicyclic) bond motifs is 3. The Balaban J connectivity index is 2.65. The van der Waals surface area contributed by atoms with E-state index in [4.69, 9.17) is 0 Å². The summed E-state index contributed by atoms with van der Waals surface area (Å²) in [4.78, 5) is 0. The molecule has 62 valence electrons. The van der Waals surface area contributed by atoms with Gasteiger partial charge in [0.15, 0.2) is 0 Å². The molecule has 0 atom stereocenters. The van der Waals surface area contributed by atoms with Crippen molar-refractivity contribution in [2.45, 2.75) is 0 Å². The molecule has 0 saturated carbocycles. The van der Waals surface area contributed by atoms with Gasteiger partial charge >= 0.3 is 86.5 Å². The Labute approximate surface area is 86.4 Å². The van der Waals surface area contributed by atoms with Crippen LogP contribution in [0.2, 0.25) is 0 Å². The monoisotopic (exact) mass is 282 g/mol. The first-order valence-electron chi connectivity index (χ1n) is 4.30. The number of rotatable bonds is 0. The van der Waals surface area contributed by atoms with E-state index in [9.17, 15) is 0 Å². The van der Waals surface area contributed by atoms with Gasteiger partial charge in [-0.1, -0.05) is 0 Å². The van der Waals surface area contributed by atoms with E-state index in [0.29, 0.717) is 0 Å². The topological polar surface area (TPSA) is 0 Å². The molecular weight excluding hydrogens is 272 g/mol. The van der Waals surface area contributed by atoms with Crippen molar-refractivity contribution in [3.8, 4) is 0 Å². The third-order valence-electron chi connectivity index (χ3n) is 2.34. The summed E-state index contributed by atoms with van der Waals surface area (Å²) in [5.74, 6) is 0. The first-order chi connectivity index (χ1) is 6.45. The van der Waals surface area contributed by atoms with Gasteiger partial charge in [0.2, 0.25) is 0 Å². The van der Waals surface area contributed by atoms with Crippen molar-refractivity contribution in [1.29, 1.82) is 0 Å². The quantitative estimate of drug-likeness (QED) is 0.555. The predicted octanol–water partition coefficient (Wildman–Crippen LogP) is 3.05. The van der Waals surface area contributed by atoms with Crippen molar-refractivity contribution < 1.29 is 0 Å². The zero-order valence-corrected chi connectivity index (χ0v) is 9.36. The Morgan fingerprint density at radius 3 is 2.62 bits per heavy atom. The molecule has 1 aromatic heterocycles. The molecule has 0 bridgehead atoms. The van der Waals surface area contributed by atoms with Crippen LogP contribution in [-0.4, -0.2) is 20.4 Å². The summed E-state index contributed by atoms with van der Waals surface area (Å²) < 4.78 is 3.98. The van der Waals surface area contributed by atoms with Crippen LogP contribution in [0.25, 0.3) is 19.6 Å². The fourth-order valence-corrected chi connectivity index (χ4v) is 4.37. The maximum atomic E-state index is 2.36. The minimum absolute atomic E-state index is 0.0337. The minimum atomic E-state index is -0.0337. The summed E-state index contributed by atoms with van der Waals surface area (Å²) in [5, 5.41) is 4.29. The Bertz CT molecular complexity index is 563. The van der Waals surface area contributed by atoms with Gasteiger partial charge in [-0.05, 0) is 0 Å². The van der Waals surface area contributed by atoms with Gasteiger partial charge in [-0.25, -0.2) is 0 Å². The van der Waals surface area contributed by atoms with Crippen molar-refractivity contribution in [3.63, 3.8) is 0 Å². The molecule has 0 radical (unpaired) electrons. The zero-order chi connectivity index (χ0) is 8.67. The van der Waals surface area contributed by atoms with E-state index in [1.807, 2.05) is 0 Å². The van der Waals surface area contributed by atoms with Crippen LogP contribution < -0.4 is 0 Å². The molecule has 0 nitrogen and oxygen atoms in total. The second-order valence-corrected chi connectivity index (χ2v) is 5.74. The van der Waals surface area contributed by atoms with Crippen LogP contribution in [-0.2, 0) is 0 Å². The number of hydrogen-bond donors (Lipinski definition) is 0. The van der Waals surface area contributed by atoms with Gasteiger partial charge in [-0.15, -0.1) is 0 Å². The molecule has 2 aromatic carbocycles. The van der Waals surface area contributed by atoms with E-state index >= 15 is 0 Å². The van der Waals surface area contributed by atoms with Crippen molar-refractivity contribution >= 4 is 40.0 Å². The summed E-state index contributed by atoms with van der Waals surface area (Å²) in [7, 11) is 0. The fraction of sp³-hybridized carbons (Fsp3) is 0. The van der Waals surface area contributed by atoms with Gasteiger partial charge in [0.05, 0.1) is 0 Å². The van der Waals surface area contributed by atoms with E-state index < -0.39 is 0 Å². The van der Waals surface area contributed by atoms with Crippen molar-refractivity contribution in [2.24, 2.45) is 0 Å². The van der Waals surface area contributed by atoms with Crippen LogP contribution in [0.3, 0.4) is 0 Å². The fourth-order valence-electron chi connectivity index (χ4n) is 1.70. The molecule has 3 rings (SSSR count). The van der Waals surface area contributed by atoms with Crippen LogP contribution >= 0.6 is 0 Å². The number of benzene rings is 2.